The molecule has 0 saturated carbocycles. The number of hydrogen-bond acceptors (Lipinski definition) is 2. The van der Waals surface area contributed by atoms with Crippen molar-refractivity contribution in [3.05, 3.63) is 29.3 Å². The summed E-state index contributed by atoms with van der Waals surface area (Å²) < 4.78 is 37.8. The first-order valence-electron chi connectivity index (χ1n) is 6.60. The van der Waals surface area contributed by atoms with Gasteiger partial charge in [0.2, 0.25) is 5.82 Å². The maximum Gasteiger partial charge on any atom is 0.200 e. The van der Waals surface area contributed by atoms with Gasteiger partial charge in [-0.25, -0.2) is 4.39 Å². The SMILES string of the molecule is COc1c([C@@H]2CO[C@@H](C(C)C)[C@H]2C)ccc(F)c1F. The first kappa shape index (κ1) is 14.3. The largest absolute Gasteiger partial charge is 0.493 e. The van der Waals surface area contributed by atoms with E-state index >= 15 is 0 Å². The van der Waals surface area contributed by atoms with Gasteiger partial charge < -0.3 is 9.47 Å². The normalized spacial score (nSPS) is 27.0. The molecule has 0 N–H and O–H groups in total. The molecular weight excluding hydrogens is 250 g/mol. The fraction of sp³-hybridized carbons (Fsp3) is 0.600. The van der Waals surface area contributed by atoms with Gasteiger partial charge in [-0.2, -0.15) is 4.39 Å². The van der Waals surface area contributed by atoms with E-state index in [1.165, 1.54) is 7.11 Å². The van der Waals surface area contributed by atoms with E-state index in [-0.39, 0.29) is 23.7 Å². The summed E-state index contributed by atoms with van der Waals surface area (Å²) in [5.41, 5.74) is 0.692. The molecule has 0 unspecified atom stereocenters. The molecule has 0 radical (unpaired) electrons. The van der Waals surface area contributed by atoms with Crippen LogP contribution in [0.4, 0.5) is 8.78 Å². The van der Waals surface area contributed by atoms with Gasteiger partial charge in [0.1, 0.15) is 0 Å². The predicted octanol–water partition coefficient (Wildman–Crippen LogP) is 3.75. The second-order valence-electron chi connectivity index (χ2n) is 5.49. The van der Waals surface area contributed by atoms with Crippen LogP contribution in [0, 0.1) is 23.5 Å². The lowest BCUT2D eigenvalue weighted by Crippen LogP contribution is -2.22. The Kier molecular flexibility index (Phi) is 4.09. The van der Waals surface area contributed by atoms with Gasteiger partial charge in [-0.05, 0) is 17.9 Å². The summed E-state index contributed by atoms with van der Waals surface area (Å²) in [6, 6.07) is 2.76. The van der Waals surface area contributed by atoms with Gasteiger partial charge in [0.05, 0.1) is 19.8 Å². The standard InChI is InChI=1S/C15H20F2O2/c1-8(2)14-9(3)11(7-19-14)10-5-6-12(16)13(17)15(10)18-4/h5-6,8-9,11,14H,7H2,1-4H3/t9-,11+,14-/m0/s1. The third-order valence-corrected chi connectivity index (χ3v) is 3.96. The summed E-state index contributed by atoms with van der Waals surface area (Å²) in [5.74, 6) is -1.11. The highest BCUT2D eigenvalue weighted by molar-refractivity contribution is 5.39. The Morgan fingerprint density at radius 1 is 1.32 bits per heavy atom. The first-order valence-corrected chi connectivity index (χ1v) is 6.60. The van der Waals surface area contributed by atoms with E-state index in [1.54, 1.807) is 6.07 Å². The Bertz CT molecular complexity index is 460. The van der Waals surface area contributed by atoms with E-state index in [0.717, 1.165) is 6.07 Å². The minimum Gasteiger partial charge on any atom is -0.493 e. The second-order valence-corrected chi connectivity index (χ2v) is 5.49. The second kappa shape index (κ2) is 5.45. The Labute approximate surface area is 112 Å². The molecule has 4 heteroatoms. The first-order chi connectivity index (χ1) is 8.97. The van der Waals surface area contributed by atoms with E-state index in [9.17, 15) is 8.78 Å². The molecule has 1 aliphatic rings. The molecule has 1 saturated heterocycles. The van der Waals surface area contributed by atoms with Crippen molar-refractivity contribution in [3.63, 3.8) is 0 Å². The average Bonchev–Trinajstić information content (AvgIpc) is 2.74. The van der Waals surface area contributed by atoms with Crippen LogP contribution in [-0.2, 0) is 4.74 Å². The number of rotatable bonds is 3. The Balaban J connectivity index is 2.36. The molecule has 1 aliphatic heterocycles. The van der Waals surface area contributed by atoms with Gasteiger partial charge in [-0.15, -0.1) is 0 Å². The molecule has 106 valence electrons. The van der Waals surface area contributed by atoms with Gasteiger partial charge >= 0.3 is 0 Å². The highest BCUT2D eigenvalue weighted by atomic mass is 19.2. The molecule has 0 bridgehead atoms. The van der Waals surface area contributed by atoms with Crippen LogP contribution in [0.15, 0.2) is 12.1 Å². The van der Waals surface area contributed by atoms with Crippen LogP contribution in [0.2, 0.25) is 0 Å². The molecule has 1 aromatic rings. The van der Waals surface area contributed by atoms with Crippen molar-refractivity contribution in [1.29, 1.82) is 0 Å². The topological polar surface area (TPSA) is 18.5 Å². The van der Waals surface area contributed by atoms with E-state index in [4.69, 9.17) is 9.47 Å². The number of ether oxygens (including phenoxy) is 2. The molecule has 3 atom stereocenters. The zero-order valence-electron chi connectivity index (χ0n) is 11.7. The summed E-state index contributed by atoms with van der Waals surface area (Å²) in [6.07, 6.45) is 0.142. The molecular formula is C15H20F2O2. The third kappa shape index (κ3) is 2.46. The quantitative estimate of drug-likeness (QED) is 0.833. The molecule has 0 aromatic heterocycles. The van der Waals surface area contributed by atoms with Gasteiger partial charge in [0.15, 0.2) is 11.6 Å². The van der Waals surface area contributed by atoms with Crippen LogP contribution in [0.25, 0.3) is 0 Å². The maximum atomic E-state index is 13.8. The predicted molar refractivity (Wildman–Crippen MR) is 69.4 cm³/mol. The Hall–Kier alpha value is -1.16. The van der Waals surface area contributed by atoms with Gasteiger partial charge in [0, 0.05) is 11.5 Å². The highest BCUT2D eigenvalue weighted by Gasteiger charge is 2.38. The fourth-order valence-corrected chi connectivity index (χ4v) is 2.97. The van der Waals surface area contributed by atoms with Crippen molar-refractivity contribution in [2.45, 2.75) is 32.8 Å². The van der Waals surface area contributed by atoms with E-state index in [1.807, 2.05) is 0 Å². The van der Waals surface area contributed by atoms with Crippen LogP contribution in [0.5, 0.6) is 5.75 Å². The van der Waals surface area contributed by atoms with E-state index < -0.39 is 11.6 Å². The molecule has 2 nitrogen and oxygen atoms in total. The molecule has 0 spiro atoms. The van der Waals surface area contributed by atoms with Crippen molar-refractivity contribution in [2.24, 2.45) is 11.8 Å². The lowest BCUT2D eigenvalue weighted by atomic mass is 9.83. The highest BCUT2D eigenvalue weighted by Crippen LogP contribution is 2.42. The minimum absolute atomic E-state index is 0.00450. The van der Waals surface area contributed by atoms with Crippen molar-refractivity contribution in [1.82, 2.24) is 0 Å². The van der Waals surface area contributed by atoms with Crippen LogP contribution in [-0.4, -0.2) is 19.8 Å². The summed E-state index contributed by atoms with van der Waals surface area (Å²) in [4.78, 5) is 0. The van der Waals surface area contributed by atoms with Gasteiger partial charge in [-0.3, -0.25) is 0 Å². The molecule has 1 heterocycles. The van der Waals surface area contributed by atoms with Crippen LogP contribution >= 0.6 is 0 Å². The fourth-order valence-electron chi connectivity index (χ4n) is 2.97. The van der Waals surface area contributed by atoms with Gasteiger partial charge in [-0.1, -0.05) is 26.8 Å². The third-order valence-electron chi connectivity index (χ3n) is 3.96. The van der Waals surface area contributed by atoms with E-state index in [0.29, 0.717) is 18.1 Å². The Morgan fingerprint density at radius 3 is 2.53 bits per heavy atom. The number of hydrogen-bond donors (Lipinski definition) is 0. The minimum atomic E-state index is -0.916. The van der Waals surface area contributed by atoms with E-state index in [2.05, 4.69) is 20.8 Å². The van der Waals surface area contributed by atoms with Crippen LogP contribution in [0.3, 0.4) is 0 Å². The molecule has 19 heavy (non-hydrogen) atoms. The lowest BCUT2D eigenvalue weighted by Gasteiger charge is -2.22. The summed E-state index contributed by atoms with van der Waals surface area (Å²) >= 11 is 0. The van der Waals surface area contributed by atoms with Gasteiger partial charge in [0.25, 0.3) is 0 Å². The number of methoxy groups -OCH3 is 1. The monoisotopic (exact) mass is 270 g/mol. The molecule has 1 fully saturated rings. The summed E-state index contributed by atoms with van der Waals surface area (Å²) in [7, 11) is 1.36. The summed E-state index contributed by atoms with van der Waals surface area (Å²) in [6.45, 7) is 6.81. The zero-order valence-corrected chi connectivity index (χ0v) is 11.7. The lowest BCUT2D eigenvalue weighted by molar-refractivity contribution is 0.0576. The van der Waals surface area contributed by atoms with Crippen LogP contribution in [0.1, 0.15) is 32.3 Å². The van der Waals surface area contributed by atoms with Crippen molar-refractivity contribution < 1.29 is 18.3 Å². The zero-order chi connectivity index (χ0) is 14.2. The smallest absolute Gasteiger partial charge is 0.200 e. The van der Waals surface area contributed by atoms with Crippen molar-refractivity contribution in [3.8, 4) is 5.75 Å². The number of benzene rings is 1. The maximum absolute atomic E-state index is 13.8. The molecule has 0 amide bonds. The van der Waals surface area contributed by atoms with Crippen molar-refractivity contribution >= 4 is 0 Å². The number of halogens is 2. The summed E-state index contributed by atoms with van der Waals surface area (Å²) in [5, 5.41) is 0. The van der Waals surface area contributed by atoms with Crippen LogP contribution < -0.4 is 4.74 Å². The molecule has 0 aliphatic carbocycles. The molecule has 2 rings (SSSR count). The van der Waals surface area contributed by atoms with Crippen molar-refractivity contribution in [2.75, 3.05) is 13.7 Å². The average molecular weight is 270 g/mol. The molecule has 1 aromatic carbocycles. The Morgan fingerprint density at radius 2 is 2.00 bits per heavy atom.